The molecule has 0 fully saturated rings. The number of carbonyl (C=O) groups excluding carboxylic acids is 1. The summed E-state index contributed by atoms with van der Waals surface area (Å²) in [5, 5.41) is 9.19. The molecule has 0 radical (unpaired) electrons. The van der Waals surface area contributed by atoms with Gasteiger partial charge in [-0.3, -0.25) is 4.79 Å². The zero-order valence-electron chi connectivity index (χ0n) is 10.0. The van der Waals surface area contributed by atoms with Crippen LogP contribution in [0, 0.1) is 0 Å². The van der Waals surface area contributed by atoms with Gasteiger partial charge >= 0.3 is 0 Å². The van der Waals surface area contributed by atoms with Crippen LogP contribution in [-0.2, 0) is 11.2 Å². The highest BCUT2D eigenvalue weighted by molar-refractivity contribution is 5.92. The van der Waals surface area contributed by atoms with Crippen molar-refractivity contribution in [3.8, 4) is 5.75 Å². The summed E-state index contributed by atoms with van der Waals surface area (Å²) in [6, 6.07) is 7.13. The van der Waals surface area contributed by atoms with Crippen molar-refractivity contribution in [1.82, 2.24) is 4.90 Å². The van der Waals surface area contributed by atoms with Gasteiger partial charge in [-0.25, -0.2) is 0 Å². The fraction of sp³-hybridized carbons (Fsp3) is 0.214. The van der Waals surface area contributed by atoms with Gasteiger partial charge in [-0.05, 0) is 36.7 Å². The number of phenols is 1. The van der Waals surface area contributed by atoms with Crippen LogP contribution in [0.5, 0.6) is 5.75 Å². The van der Waals surface area contributed by atoms with E-state index in [0.29, 0.717) is 12.0 Å². The second-order valence-electron chi connectivity index (χ2n) is 4.26. The van der Waals surface area contributed by atoms with Gasteiger partial charge < -0.3 is 15.7 Å². The maximum Gasteiger partial charge on any atom is 0.246 e. The number of nitrogens with zero attached hydrogens (tertiary/aromatic N) is 1. The van der Waals surface area contributed by atoms with Crippen molar-refractivity contribution in [2.45, 2.75) is 12.8 Å². The molecule has 0 aliphatic carbocycles. The van der Waals surface area contributed by atoms with Crippen LogP contribution in [0.3, 0.4) is 0 Å². The number of benzene rings is 1. The van der Waals surface area contributed by atoms with E-state index in [0.717, 1.165) is 18.5 Å². The van der Waals surface area contributed by atoms with Gasteiger partial charge in [0.25, 0.3) is 0 Å². The molecule has 0 atom stereocenters. The van der Waals surface area contributed by atoms with Gasteiger partial charge in [-0.15, -0.1) is 0 Å². The zero-order valence-corrected chi connectivity index (χ0v) is 10.0. The normalized spacial score (nSPS) is 14.4. The molecule has 1 aromatic rings. The van der Waals surface area contributed by atoms with Gasteiger partial charge in [0, 0.05) is 18.3 Å². The van der Waals surface area contributed by atoms with E-state index in [1.165, 1.54) is 0 Å². The van der Waals surface area contributed by atoms with Crippen molar-refractivity contribution in [2.75, 3.05) is 6.54 Å². The summed E-state index contributed by atoms with van der Waals surface area (Å²) in [6.45, 7) is 0.776. The molecule has 1 heterocycles. The molecule has 0 bridgehead atoms. The van der Waals surface area contributed by atoms with Crippen LogP contribution in [-0.4, -0.2) is 22.5 Å². The summed E-state index contributed by atoms with van der Waals surface area (Å²) < 4.78 is 0. The molecule has 0 spiro atoms. The molecule has 18 heavy (non-hydrogen) atoms. The van der Waals surface area contributed by atoms with E-state index in [1.807, 2.05) is 29.3 Å². The van der Waals surface area contributed by atoms with Crippen LogP contribution >= 0.6 is 0 Å². The van der Waals surface area contributed by atoms with E-state index in [1.54, 1.807) is 18.3 Å². The van der Waals surface area contributed by atoms with Gasteiger partial charge in [-0.2, -0.15) is 0 Å². The monoisotopic (exact) mass is 244 g/mol. The van der Waals surface area contributed by atoms with Gasteiger partial charge in [-0.1, -0.05) is 18.2 Å². The van der Waals surface area contributed by atoms with Crippen molar-refractivity contribution in [2.24, 2.45) is 5.73 Å². The predicted molar refractivity (Wildman–Crippen MR) is 69.6 cm³/mol. The largest absolute Gasteiger partial charge is 0.508 e. The fourth-order valence-corrected chi connectivity index (χ4v) is 1.84. The standard InChI is InChI=1S/C14H16N2O2/c15-14(18)12-2-1-8-16(10-12)9-7-11-3-5-13(17)6-4-11/h1,3-6,8,10,17H,2,7,9H2,(H2,15,18). The molecule has 3 N–H and O–H groups in total. The molecule has 1 amide bonds. The van der Waals surface area contributed by atoms with Crippen molar-refractivity contribution in [3.05, 3.63) is 53.9 Å². The number of aromatic hydroxyl groups is 1. The van der Waals surface area contributed by atoms with Crippen molar-refractivity contribution in [1.29, 1.82) is 0 Å². The van der Waals surface area contributed by atoms with E-state index in [2.05, 4.69) is 0 Å². The average molecular weight is 244 g/mol. The number of hydrogen-bond acceptors (Lipinski definition) is 3. The van der Waals surface area contributed by atoms with E-state index < -0.39 is 0 Å². The maximum absolute atomic E-state index is 11.1. The number of allylic oxidation sites excluding steroid dienone is 1. The van der Waals surface area contributed by atoms with E-state index in [9.17, 15) is 9.90 Å². The summed E-state index contributed by atoms with van der Waals surface area (Å²) >= 11 is 0. The Hall–Kier alpha value is -2.23. The molecule has 0 saturated carbocycles. The van der Waals surface area contributed by atoms with Gasteiger partial charge in [0.2, 0.25) is 5.91 Å². The lowest BCUT2D eigenvalue weighted by Crippen LogP contribution is -2.22. The van der Waals surface area contributed by atoms with E-state index in [-0.39, 0.29) is 11.7 Å². The van der Waals surface area contributed by atoms with Crippen LogP contribution < -0.4 is 5.73 Å². The third kappa shape index (κ3) is 3.13. The number of nitrogens with two attached hydrogens (primary N) is 1. The van der Waals surface area contributed by atoms with E-state index in [4.69, 9.17) is 5.73 Å². The number of carbonyl (C=O) groups is 1. The first-order valence-corrected chi connectivity index (χ1v) is 5.86. The summed E-state index contributed by atoms with van der Waals surface area (Å²) in [6.07, 6.45) is 7.12. The number of phenolic OH excluding ortho intramolecular Hbond substituents is 1. The van der Waals surface area contributed by atoms with Gasteiger partial charge in [0.05, 0.1) is 0 Å². The van der Waals surface area contributed by atoms with Crippen molar-refractivity contribution in [3.63, 3.8) is 0 Å². The Morgan fingerprint density at radius 3 is 2.72 bits per heavy atom. The Bertz CT molecular complexity index is 489. The summed E-state index contributed by atoms with van der Waals surface area (Å²) in [5.41, 5.74) is 7.03. The lowest BCUT2D eigenvalue weighted by Gasteiger charge is -2.20. The Balaban J connectivity index is 1.94. The Kier molecular flexibility index (Phi) is 3.67. The highest BCUT2D eigenvalue weighted by atomic mass is 16.3. The first-order chi connectivity index (χ1) is 8.65. The zero-order chi connectivity index (χ0) is 13.0. The van der Waals surface area contributed by atoms with Crippen LogP contribution in [0.2, 0.25) is 0 Å². The van der Waals surface area contributed by atoms with Crippen LogP contribution in [0.25, 0.3) is 0 Å². The molecule has 0 aromatic heterocycles. The Morgan fingerprint density at radius 1 is 1.33 bits per heavy atom. The first-order valence-electron chi connectivity index (χ1n) is 5.86. The summed E-state index contributed by atoms with van der Waals surface area (Å²) in [7, 11) is 0. The average Bonchev–Trinajstić information content (AvgIpc) is 2.38. The molecule has 2 rings (SSSR count). The number of hydrogen-bond donors (Lipinski definition) is 2. The first kappa shape index (κ1) is 12.2. The summed E-state index contributed by atoms with van der Waals surface area (Å²) in [5.74, 6) is -0.0958. The van der Waals surface area contributed by atoms with Crippen LogP contribution in [0.4, 0.5) is 0 Å². The quantitative estimate of drug-likeness (QED) is 0.844. The SMILES string of the molecule is NC(=O)C1=CN(CCc2ccc(O)cc2)C=CC1. The lowest BCUT2D eigenvalue weighted by molar-refractivity contribution is -0.114. The predicted octanol–water partition coefficient (Wildman–Crippen LogP) is 1.52. The molecule has 4 heteroatoms. The van der Waals surface area contributed by atoms with Crippen LogP contribution in [0.1, 0.15) is 12.0 Å². The third-order valence-corrected chi connectivity index (χ3v) is 2.87. The molecule has 1 aliphatic heterocycles. The minimum atomic E-state index is -0.367. The van der Waals surface area contributed by atoms with Gasteiger partial charge in [0.15, 0.2) is 0 Å². The highest BCUT2D eigenvalue weighted by Gasteiger charge is 2.09. The minimum Gasteiger partial charge on any atom is -0.508 e. The number of primary amides is 1. The Labute approximate surface area is 106 Å². The second-order valence-corrected chi connectivity index (χ2v) is 4.26. The maximum atomic E-state index is 11.1. The fourth-order valence-electron chi connectivity index (χ4n) is 1.84. The van der Waals surface area contributed by atoms with Crippen molar-refractivity contribution < 1.29 is 9.90 Å². The molecule has 94 valence electrons. The molecule has 4 nitrogen and oxygen atoms in total. The number of rotatable bonds is 4. The minimum absolute atomic E-state index is 0.271. The molecular formula is C14H16N2O2. The highest BCUT2D eigenvalue weighted by Crippen LogP contribution is 2.14. The Morgan fingerprint density at radius 2 is 2.06 bits per heavy atom. The summed E-state index contributed by atoms with van der Waals surface area (Å²) in [4.78, 5) is 13.0. The molecule has 1 aromatic carbocycles. The molecule has 0 saturated heterocycles. The van der Waals surface area contributed by atoms with Crippen LogP contribution in [0.15, 0.2) is 48.3 Å². The molecule has 1 aliphatic rings. The third-order valence-electron chi connectivity index (χ3n) is 2.87. The smallest absolute Gasteiger partial charge is 0.246 e. The molecular weight excluding hydrogens is 228 g/mol. The lowest BCUT2D eigenvalue weighted by atomic mass is 10.1. The second kappa shape index (κ2) is 5.40. The number of amides is 1. The van der Waals surface area contributed by atoms with Crippen molar-refractivity contribution >= 4 is 5.91 Å². The molecule has 0 unspecified atom stereocenters. The van der Waals surface area contributed by atoms with Gasteiger partial charge in [0.1, 0.15) is 5.75 Å². The van der Waals surface area contributed by atoms with E-state index >= 15 is 0 Å². The topological polar surface area (TPSA) is 66.6 Å².